The third kappa shape index (κ3) is 4.17. The van der Waals surface area contributed by atoms with E-state index in [1.165, 1.54) is 16.1 Å². The van der Waals surface area contributed by atoms with Crippen molar-refractivity contribution in [3.05, 3.63) is 36.0 Å². The third-order valence-corrected chi connectivity index (χ3v) is 7.22. The molecule has 10 heteroatoms. The van der Waals surface area contributed by atoms with Crippen molar-refractivity contribution in [3.8, 4) is 0 Å². The van der Waals surface area contributed by atoms with Crippen LogP contribution in [0.3, 0.4) is 0 Å². The van der Waals surface area contributed by atoms with Gasteiger partial charge in [-0.3, -0.25) is 4.79 Å². The average Bonchev–Trinajstić information content (AvgIpc) is 3.30. The molecule has 0 bridgehead atoms. The molecule has 27 heavy (non-hydrogen) atoms. The van der Waals surface area contributed by atoms with Crippen molar-refractivity contribution in [2.45, 2.75) is 36.9 Å². The summed E-state index contributed by atoms with van der Waals surface area (Å²) in [5.74, 6) is 0.0470. The van der Waals surface area contributed by atoms with E-state index in [0.717, 1.165) is 5.56 Å². The van der Waals surface area contributed by atoms with E-state index in [2.05, 4.69) is 15.4 Å². The van der Waals surface area contributed by atoms with Gasteiger partial charge in [0.1, 0.15) is 11.2 Å². The summed E-state index contributed by atoms with van der Waals surface area (Å²) in [5, 5.41) is 10.8. The Hall–Kier alpha value is -1.91. The number of carbonyl (C=O) groups excluding carboxylic acids is 1. The summed E-state index contributed by atoms with van der Waals surface area (Å²) in [7, 11) is -3.67. The number of amides is 1. The van der Waals surface area contributed by atoms with E-state index in [1.807, 2.05) is 20.8 Å². The Bertz CT molecular complexity index is 882. The Morgan fingerprint density at radius 3 is 2.59 bits per heavy atom. The number of H-pyrrole nitrogens is 1. The molecule has 0 radical (unpaired) electrons. The number of hydrogen-bond acceptors (Lipinski definition) is 6. The maximum absolute atomic E-state index is 13.1. The lowest BCUT2D eigenvalue weighted by Gasteiger charge is -2.32. The van der Waals surface area contributed by atoms with Crippen molar-refractivity contribution >= 4 is 27.7 Å². The van der Waals surface area contributed by atoms with E-state index in [4.69, 9.17) is 0 Å². The molecule has 1 amide bonds. The maximum Gasteiger partial charge on any atom is 0.244 e. The molecule has 8 nitrogen and oxygen atoms in total. The zero-order chi connectivity index (χ0) is 19.6. The first-order valence-corrected chi connectivity index (χ1v) is 11.1. The fraction of sp³-hybridized carbons (Fsp3) is 0.471. The molecule has 2 heterocycles. The van der Waals surface area contributed by atoms with Gasteiger partial charge in [0.15, 0.2) is 0 Å². The van der Waals surface area contributed by atoms with Crippen molar-refractivity contribution in [3.63, 3.8) is 0 Å². The van der Waals surface area contributed by atoms with Gasteiger partial charge in [-0.2, -0.15) is 14.6 Å². The van der Waals surface area contributed by atoms with Crippen LogP contribution >= 0.6 is 11.8 Å². The lowest BCUT2D eigenvalue weighted by molar-refractivity contribution is -0.130. The van der Waals surface area contributed by atoms with Gasteiger partial charge in [0.05, 0.1) is 16.8 Å². The van der Waals surface area contributed by atoms with Crippen LogP contribution in [0.25, 0.3) is 0 Å². The number of aryl methyl sites for hydroxylation is 1. The molecule has 1 fully saturated rings. The highest BCUT2D eigenvalue weighted by molar-refractivity contribution is 7.99. The molecule has 0 saturated carbocycles. The van der Waals surface area contributed by atoms with Crippen LogP contribution < -0.4 is 0 Å². The van der Waals surface area contributed by atoms with Gasteiger partial charge >= 0.3 is 0 Å². The first-order valence-electron chi connectivity index (χ1n) is 8.67. The molecule has 146 valence electrons. The minimum Gasteiger partial charge on any atom is -0.324 e. The Morgan fingerprint density at radius 1 is 1.30 bits per heavy atom. The highest BCUT2D eigenvalue weighted by Gasteiger charge is 2.43. The van der Waals surface area contributed by atoms with E-state index >= 15 is 0 Å². The Morgan fingerprint density at radius 2 is 2.00 bits per heavy atom. The smallest absolute Gasteiger partial charge is 0.244 e. The van der Waals surface area contributed by atoms with E-state index < -0.39 is 16.2 Å². The zero-order valence-corrected chi connectivity index (χ0v) is 17.1. The van der Waals surface area contributed by atoms with Gasteiger partial charge in [-0.25, -0.2) is 8.42 Å². The van der Waals surface area contributed by atoms with E-state index in [9.17, 15) is 13.2 Å². The number of nitrogens with zero attached hydrogens (tertiary/aromatic N) is 4. The van der Waals surface area contributed by atoms with Crippen molar-refractivity contribution in [2.24, 2.45) is 5.92 Å². The summed E-state index contributed by atoms with van der Waals surface area (Å²) in [6.45, 7) is 6.44. The van der Waals surface area contributed by atoms with Crippen LogP contribution in [-0.4, -0.2) is 63.9 Å². The van der Waals surface area contributed by atoms with Gasteiger partial charge in [-0.05, 0) is 25.0 Å². The van der Waals surface area contributed by atoms with Crippen molar-refractivity contribution < 1.29 is 13.2 Å². The second kappa shape index (κ2) is 7.99. The molecule has 3 rings (SSSR count). The number of carbonyl (C=O) groups is 1. The van der Waals surface area contributed by atoms with Gasteiger partial charge in [0.2, 0.25) is 15.9 Å². The summed E-state index contributed by atoms with van der Waals surface area (Å²) >= 11 is 1.28. The van der Waals surface area contributed by atoms with E-state index in [0.29, 0.717) is 18.1 Å². The first-order chi connectivity index (χ1) is 12.8. The highest BCUT2D eigenvalue weighted by Crippen LogP contribution is 2.29. The average molecular weight is 410 g/mol. The van der Waals surface area contributed by atoms with Crippen molar-refractivity contribution in [1.82, 2.24) is 24.6 Å². The molecular formula is C17H23N5O3S2. The number of nitrogens with one attached hydrogen (secondary N) is 1. The molecule has 0 spiro atoms. The van der Waals surface area contributed by atoms with Crippen LogP contribution in [0.1, 0.15) is 19.4 Å². The molecule has 1 aliphatic rings. The van der Waals surface area contributed by atoms with E-state index in [1.54, 1.807) is 35.4 Å². The van der Waals surface area contributed by atoms with Crippen LogP contribution in [0.5, 0.6) is 0 Å². The molecule has 1 N–H and O–H groups in total. The summed E-state index contributed by atoms with van der Waals surface area (Å²) < 4.78 is 27.7. The van der Waals surface area contributed by atoms with Gasteiger partial charge < -0.3 is 4.90 Å². The standard InChI is InChI=1S/C17H23N5O3S2/c1-12(2)17-21(16(23)11-26-15-10-18-20-19-15)8-9-22(17)27(24,25)14-6-4-13(3)5-7-14/h4-7,10,12,17H,8-9,11H2,1-3H3,(H,18,19,20). The zero-order valence-electron chi connectivity index (χ0n) is 15.5. The van der Waals surface area contributed by atoms with Crippen LogP contribution in [0.2, 0.25) is 0 Å². The molecule has 1 unspecified atom stereocenters. The number of thioether (sulfide) groups is 1. The summed E-state index contributed by atoms with van der Waals surface area (Å²) in [6, 6.07) is 6.80. The van der Waals surface area contributed by atoms with E-state index in [-0.39, 0.29) is 22.5 Å². The molecular weight excluding hydrogens is 386 g/mol. The lowest BCUT2D eigenvalue weighted by Crippen LogP contribution is -2.48. The summed E-state index contributed by atoms with van der Waals surface area (Å²) in [4.78, 5) is 14.6. The second-order valence-corrected chi connectivity index (χ2v) is 9.66. The van der Waals surface area contributed by atoms with Gasteiger partial charge in [-0.1, -0.05) is 43.3 Å². The molecule has 1 aliphatic heterocycles. The fourth-order valence-electron chi connectivity index (χ4n) is 3.18. The lowest BCUT2D eigenvalue weighted by atomic mass is 10.1. The number of hydrogen-bond donors (Lipinski definition) is 1. The summed E-state index contributed by atoms with van der Waals surface area (Å²) in [5.41, 5.74) is 0.998. The second-order valence-electron chi connectivity index (χ2n) is 6.77. The van der Waals surface area contributed by atoms with Crippen LogP contribution in [-0.2, 0) is 14.8 Å². The quantitative estimate of drug-likeness (QED) is 0.730. The number of aromatic nitrogens is 3. The number of aromatic amines is 1. The van der Waals surface area contributed by atoms with Crippen LogP contribution in [0.15, 0.2) is 40.4 Å². The van der Waals surface area contributed by atoms with Gasteiger partial charge in [0, 0.05) is 13.1 Å². The Balaban J connectivity index is 1.79. The predicted octanol–water partition coefficient (Wildman–Crippen LogP) is 1.72. The van der Waals surface area contributed by atoms with Crippen molar-refractivity contribution in [2.75, 3.05) is 18.8 Å². The van der Waals surface area contributed by atoms with Gasteiger partial charge in [-0.15, -0.1) is 5.10 Å². The summed E-state index contributed by atoms with van der Waals surface area (Å²) in [6.07, 6.45) is 1.05. The maximum atomic E-state index is 13.1. The first kappa shape index (κ1) is 19.8. The SMILES string of the molecule is Cc1ccc(S(=O)(=O)N2CCN(C(=O)CSc3cn[nH]n3)C2C(C)C)cc1. The molecule has 0 aliphatic carbocycles. The molecule has 1 aromatic heterocycles. The minimum absolute atomic E-state index is 0.0336. The molecule has 1 atom stereocenters. The van der Waals surface area contributed by atoms with Gasteiger partial charge in [0.25, 0.3) is 0 Å². The highest BCUT2D eigenvalue weighted by atomic mass is 32.2. The minimum atomic E-state index is -3.67. The Kier molecular flexibility index (Phi) is 5.87. The number of benzene rings is 1. The predicted molar refractivity (Wildman–Crippen MR) is 103 cm³/mol. The number of rotatable bonds is 6. The third-order valence-electron chi connectivity index (χ3n) is 4.46. The van der Waals surface area contributed by atoms with Crippen LogP contribution in [0.4, 0.5) is 0 Å². The number of sulfonamides is 1. The Labute approximate surface area is 163 Å². The molecule has 2 aromatic rings. The monoisotopic (exact) mass is 409 g/mol. The fourth-order valence-corrected chi connectivity index (χ4v) is 5.56. The molecule has 1 saturated heterocycles. The van der Waals surface area contributed by atoms with Crippen LogP contribution in [0, 0.1) is 12.8 Å². The largest absolute Gasteiger partial charge is 0.324 e. The van der Waals surface area contributed by atoms with Crippen molar-refractivity contribution in [1.29, 1.82) is 0 Å². The topological polar surface area (TPSA) is 99.3 Å². The molecule has 1 aromatic carbocycles. The normalized spacial score (nSPS) is 18.4.